The van der Waals surface area contributed by atoms with Crippen LogP contribution in [0.5, 0.6) is 0 Å². The molecule has 0 heterocycles. The van der Waals surface area contributed by atoms with Gasteiger partial charge in [0, 0.05) is 18.0 Å². The van der Waals surface area contributed by atoms with Crippen molar-refractivity contribution in [3.05, 3.63) is 71.8 Å². The lowest BCUT2D eigenvalue weighted by Crippen LogP contribution is -2.35. The maximum Gasteiger partial charge on any atom is 0.304 e. The Morgan fingerprint density at radius 1 is 0.955 bits per heavy atom. The summed E-state index contributed by atoms with van der Waals surface area (Å²) in [6, 6.07) is 20.5. The van der Waals surface area contributed by atoms with E-state index >= 15 is 0 Å². The molecule has 0 aliphatic rings. The molecule has 2 N–H and O–H groups in total. The monoisotopic (exact) mass is 297 g/mol. The highest BCUT2D eigenvalue weighted by atomic mass is 16.4. The van der Waals surface area contributed by atoms with Gasteiger partial charge in [0.2, 0.25) is 0 Å². The Morgan fingerprint density at radius 2 is 1.45 bits per heavy atom. The molecule has 0 spiro atoms. The van der Waals surface area contributed by atoms with Gasteiger partial charge in [-0.05, 0) is 18.1 Å². The number of nitrogens with one attached hydrogen (secondary N) is 1. The summed E-state index contributed by atoms with van der Waals surface area (Å²) in [4.78, 5) is 10.9. The Hall–Kier alpha value is -2.13. The van der Waals surface area contributed by atoms with Gasteiger partial charge in [0.1, 0.15) is 0 Å². The molecule has 22 heavy (non-hydrogen) atoms. The van der Waals surface area contributed by atoms with Crippen LogP contribution in [0.1, 0.15) is 43.4 Å². The summed E-state index contributed by atoms with van der Waals surface area (Å²) < 4.78 is 0. The van der Waals surface area contributed by atoms with E-state index in [2.05, 4.69) is 36.5 Å². The van der Waals surface area contributed by atoms with Gasteiger partial charge in [-0.3, -0.25) is 4.79 Å². The quantitative estimate of drug-likeness (QED) is 0.812. The van der Waals surface area contributed by atoms with Gasteiger partial charge in [-0.15, -0.1) is 0 Å². The summed E-state index contributed by atoms with van der Waals surface area (Å²) >= 11 is 0. The molecule has 3 nitrogen and oxygen atoms in total. The van der Waals surface area contributed by atoms with Crippen molar-refractivity contribution in [2.45, 2.75) is 38.3 Å². The highest BCUT2D eigenvalue weighted by Gasteiger charge is 2.23. The molecule has 3 unspecified atom stereocenters. The average molecular weight is 297 g/mol. The highest BCUT2D eigenvalue weighted by molar-refractivity contribution is 5.67. The Balaban J connectivity index is 2.24. The molecule has 2 aromatic rings. The second kappa shape index (κ2) is 7.76. The van der Waals surface area contributed by atoms with Crippen LogP contribution in [-0.4, -0.2) is 17.1 Å². The van der Waals surface area contributed by atoms with Crippen molar-refractivity contribution in [3.8, 4) is 0 Å². The topological polar surface area (TPSA) is 49.3 Å². The first kappa shape index (κ1) is 16.2. The van der Waals surface area contributed by atoms with Crippen LogP contribution in [0, 0.1) is 0 Å². The molecule has 2 rings (SSSR count). The van der Waals surface area contributed by atoms with Gasteiger partial charge in [0.05, 0.1) is 6.42 Å². The molecule has 2 aromatic carbocycles. The number of carbonyl (C=O) groups is 1. The van der Waals surface area contributed by atoms with Crippen molar-refractivity contribution < 1.29 is 9.90 Å². The fraction of sp³-hybridized carbons (Fsp3) is 0.316. The predicted molar refractivity (Wildman–Crippen MR) is 88.9 cm³/mol. The molecule has 0 bridgehead atoms. The summed E-state index contributed by atoms with van der Waals surface area (Å²) in [6.45, 7) is 4.09. The van der Waals surface area contributed by atoms with Crippen LogP contribution in [0.3, 0.4) is 0 Å². The first-order valence-electron chi connectivity index (χ1n) is 7.65. The predicted octanol–water partition coefficient (Wildman–Crippen LogP) is 3.98. The van der Waals surface area contributed by atoms with Crippen LogP contribution in [0.2, 0.25) is 0 Å². The van der Waals surface area contributed by atoms with E-state index in [9.17, 15) is 4.79 Å². The molecule has 0 aliphatic carbocycles. The van der Waals surface area contributed by atoms with Crippen LogP contribution in [-0.2, 0) is 4.79 Å². The maximum atomic E-state index is 10.9. The first-order chi connectivity index (χ1) is 10.6. The smallest absolute Gasteiger partial charge is 0.304 e. The van der Waals surface area contributed by atoms with Crippen LogP contribution < -0.4 is 5.32 Å². The first-order valence-corrected chi connectivity index (χ1v) is 7.65. The molecule has 0 fully saturated rings. The zero-order chi connectivity index (χ0) is 15.9. The van der Waals surface area contributed by atoms with Crippen molar-refractivity contribution in [3.63, 3.8) is 0 Å². The van der Waals surface area contributed by atoms with E-state index in [4.69, 9.17) is 5.11 Å². The average Bonchev–Trinajstić information content (AvgIpc) is 2.53. The SMILES string of the molecule is CC(CC(=O)O)NC(c1ccccc1)C(C)c1ccccc1. The van der Waals surface area contributed by atoms with E-state index in [-0.39, 0.29) is 24.4 Å². The second-order valence-corrected chi connectivity index (χ2v) is 5.75. The summed E-state index contributed by atoms with van der Waals surface area (Å²) in [7, 11) is 0. The molecule has 0 saturated carbocycles. The fourth-order valence-corrected chi connectivity index (χ4v) is 2.77. The molecule has 0 saturated heterocycles. The van der Waals surface area contributed by atoms with Crippen LogP contribution >= 0.6 is 0 Å². The van der Waals surface area contributed by atoms with Crippen LogP contribution in [0.25, 0.3) is 0 Å². The Bertz CT molecular complexity index is 583. The number of benzene rings is 2. The fourth-order valence-electron chi connectivity index (χ4n) is 2.77. The van der Waals surface area contributed by atoms with Gasteiger partial charge >= 0.3 is 5.97 Å². The van der Waals surface area contributed by atoms with Crippen molar-refractivity contribution in [1.82, 2.24) is 5.32 Å². The zero-order valence-electron chi connectivity index (χ0n) is 13.1. The Labute approximate surface area is 132 Å². The molecule has 116 valence electrons. The van der Waals surface area contributed by atoms with Gasteiger partial charge < -0.3 is 10.4 Å². The minimum absolute atomic E-state index is 0.0814. The van der Waals surface area contributed by atoms with Crippen molar-refractivity contribution in [2.75, 3.05) is 0 Å². The Kier molecular flexibility index (Phi) is 5.73. The minimum atomic E-state index is -0.779. The summed E-state index contributed by atoms with van der Waals surface area (Å²) in [6.07, 6.45) is 0.116. The largest absolute Gasteiger partial charge is 0.481 e. The van der Waals surface area contributed by atoms with Crippen molar-refractivity contribution in [2.24, 2.45) is 0 Å². The zero-order valence-corrected chi connectivity index (χ0v) is 13.1. The van der Waals surface area contributed by atoms with Gasteiger partial charge in [-0.1, -0.05) is 67.6 Å². The number of hydrogen-bond donors (Lipinski definition) is 2. The van der Waals surface area contributed by atoms with E-state index in [1.54, 1.807) is 0 Å². The van der Waals surface area contributed by atoms with Crippen molar-refractivity contribution >= 4 is 5.97 Å². The van der Waals surface area contributed by atoms with Gasteiger partial charge in [0.15, 0.2) is 0 Å². The van der Waals surface area contributed by atoms with Gasteiger partial charge in [-0.25, -0.2) is 0 Å². The third-order valence-corrected chi connectivity index (χ3v) is 3.93. The lowest BCUT2D eigenvalue weighted by molar-refractivity contribution is -0.137. The van der Waals surface area contributed by atoms with Crippen LogP contribution in [0.15, 0.2) is 60.7 Å². The summed E-state index contributed by atoms with van der Waals surface area (Å²) in [5.74, 6) is -0.529. The molecule has 0 amide bonds. The van der Waals surface area contributed by atoms with E-state index in [0.29, 0.717) is 0 Å². The lowest BCUT2D eigenvalue weighted by Gasteiger charge is -2.29. The van der Waals surface area contributed by atoms with Gasteiger partial charge in [0.25, 0.3) is 0 Å². The number of carboxylic acids is 1. The van der Waals surface area contributed by atoms with Crippen molar-refractivity contribution in [1.29, 1.82) is 0 Å². The molecular weight excluding hydrogens is 274 g/mol. The highest BCUT2D eigenvalue weighted by Crippen LogP contribution is 2.31. The second-order valence-electron chi connectivity index (χ2n) is 5.75. The van der Waals surface area contributed by atoms with E-state index in [1.807, 2.05) is 43.3 Å². The molecular formula is C19H23NO2. The summed E-state index contributed by atoms with van der Waals surface area (Å²) in [5.41, 5.74) is 2.42. The van der Waals surface area contributed by atoms with E-state index < -0.39 is 5.97 Å². The van der Waals surface area contributed by atoms with Crippen LogP contribution in [0.4, 0.5) is 0 Å². The summed E-state index contributed by atoms with van der Waals surface area (Å²) in [5, 5.41) is 12.5. The standard InChI is InChI=1S/C19H23NO2/c1-14(13-18(21)22)20-19(17-11-7-4-8-12-17)15(2)16-9-5-3-6-10-16/h3-12,14-15,19-20H,13H2,1-2H3,(H,21,22). The normalized spacial score (nSPS) is 15.0. The van der Waals surface area contributed by atoms with E-state index in [0.717, 1.165) is 0 Å². The molecule has 3 heteroatoms. The molecule has 0 aromatic heterocycles. The number of aliphatic carboxylic acids is 1. The molecule has 0 aliphatic heterocycles. The third kappa shape index (κ3) is 4.43. The maximum absolute atomic E-state index is 10.9. The number of carboxylic acid groups (broad SMARTS) is 1. The number of hydrogen-bond acceptors (Lipinski definition) is 2. The minimum Gasteiger partial charge on any atom is -0.481 e. The lowest BCUT2D eigenvalue weighted by atomic mass is 9.88. The molecule has 0 radical (unpaired) electrons. The molecule has 3 atom stereocenters. The van der Waals surface area contributed by atoms with E-state index in [1.165, 1.54) is 11.1 Å². The van der Waals surface area contributed by atoms with Gasteiger partial charge in [-0.2, -0.15) is 0 Å². The number of rotatable bonds is 7. The third-order valence-electron chi connectivity index (χ3n) is 3.93. The Morgan fingerprint density at radius 3 is 1.95 bits per heavy atom.